The molecular formula is C20H28O4. The molecule has 0 radical (unpaired) electrons. The topological polar surface area (TPSA) is 77.8 Å². The first-order chi connectivity index (χ1) is 11.1. The molecule has 0 spiro atoms. The van der Waals surface area contributed by atoms with Crippen LogP contribution in [0.4, 0.5) is 0 Å². The number of aliphatic carboxylic acids is 1. The molecule has 0 heterocycles. The molecule has 0 aliphatic heterocycles. The second-order valence-corrected chi connectivity index (χ2v) is 8.37. The van der Waals surface area contributed by atoms with Gasteiger partial charge in [0.15, 0.2) is 0 Å². The molecule has 1 aromatic rings. The van der Waals surface area contributed by atoms with Gasteiger partial charge in [-0.2, -0.15) is 0 Å². The normalized spacial score (nSPS) is 38.5. The molecule has 132 valence electrons. The van der Waals surface area contributed by atoms with Crippen molar-refractivity contribution in [3.8, 4) is 0 Å². The Bertz CT molecular complexity index is 668. The van der Waals surface area contributed by atoms with Crippen LogP contribution in [0.3, 0.4) is 0 Å². The maximum absolute atomic E-state index is 12.0. The fourth-order valence-corrected chi connectivity index (χ4v) is 4.99. The molecule has 0 unspecified atom stereocenters. The van der Waals surface area contributed by atoms with E-state index in [1.807, 2.05) is 25.1 Å². The summed E-state index contributed by atoms with van der Waals surface area (Å²) in [4.78, 5) is 12.0. The highest BCUT2D eigenvalue weighted by Crippen LogP contribution is 2.59. The van der Waals surface area contributed by atoms with Crippen molar-refractivity contribution in [2.75, 3.05) is 0 Å². The molecule has 0 amide bonds. The molecule has 24 heavy (non-hydrogen) atoms. The van der Waals surface area contributed by atoms with E-state index in [1.54, 1.807) is 6.92 Å². The minimum absolute atomic E-state index is 0.293. The summed E-state index contributed by atoms with van der Waals surface area (Å²) in [7, 11) is 0. The summed E-state index contributed by atoms with van der Waals surface area (Å²) in [6.07, 6.45) is 0.0183. The van der Waals surface area contributed by atoms with Crippen molar-refractivity contribution in [1.82, 2.24) is 0 Å². The van der Waals surface area contributed by atoms with Gasteiger partial charge in [0.1, 0.15) is 0 Å². The molecule has 1 saturated carbocycles. The van der Waals surface area contributed by atoms with Crippen LogP contribution in [0.5, 0.6) is 0 Å². The molecule has 2 aliphatic carbocycles. The van der Waals surface area contributed by atoms with Crippen LogP contribution < -0.4 is 0 Å². The molecule has 0 saturated heterocycles. The van der Waals surface area contributed by atoms with Gasteiger partial charge in [-0.1, -0.05) is 39.0 Å². The lowest BCUT2D eigenvalue weighted by Gasteiger charge is -2.56. The Labute approximate surface area is 143 Å². The zero-order chi connectivity index (χ0) is 17.9. The Kier molecular flexibility index (Phi) is 4.04. The molecular weight excluding hydrogens is 304 g/mol. The average molecular weight is 332 g/mol. The number of aliphatic hydroxyl groups excluding tert-OH is 2. The van der Waals surface area contributed by atoms with Crippen molar-refractivity contribution >= 4 is 5.97 Å². The first-order valence-corrected chi connectivity index (χ1v) is 8.86. The second-order valence-electron chi connectivity index (χ2n) is 8.37. The Balaban J connectivity index is 2.19. The van der Waals surface area contributed by atoms with Crippen LogP contribution in [0.25, 0.3) is 0 Å². The summed E-state index contributed by atoms with van der Waals surface area (Å²) in [5.41, 5.74) is 1.35. The van der Waals surface area contributed by atoms with Gasteiger partial charge in [-0.15, -0.1) is 0 Å². The molecule has 5 atom stereocenters. The Hall–Kier alpha value is -1.39. The number of carboxylic acids is 1. The van der Waals surface area contributed by atoms with Crippen LogP contribution >= 0.6 is 0 Å². The SMILES string of the molecule is CC(C)c1ccc2c(c1)[C@H](O)C[C@@H]1[C@]2(C)[C@H](O)CC[C@@]1(C)C(=O)O. The molecule has 4 nitrogen and oxygen atoms in total. The van der Waals surface area contributed by atoms with E-state index in [9.17, 15) is 20.1 Å². The maximum Gasteiger partial charge on any atom is 0.309 e. The fraction of sp³-hybridized carbons (Fsp3) is 0.650. The van der Waals surface area contributed by atoms with Crippen molar-refractivity contribution in [3.05, 3.63) is 34.9 Å². The molecule has 3 N–H and O–H groups in total. The van der Waals surface area contributed by atoms with Crippen LogP contribution in [-0.2, 0) is 10.2 Å². The number of aliphatic hydroxyl groups is 2. The van der Waals surface area contributed by atoms with E-state index in [4.69, 9.17) is 0 Å². The third-order valence-corrected chi connectivity index (χ3v) is 6.75. The number of fused-ring (bicyclic) bond motifs is 3. The highest BCUT2D eigenvalue weighted by Gasteiger charge is 2.60. The number of hydrogen-bond donors (Lipinski definition) is 3. The molecule has 0 bridgehead atoms. The van der Waals surface area contributed by atoms with Gasteiger partial charge in [0, 0.05) is 5.41 Å². The number of rotatable bonds is 2. The van der Waals surface area contributed by atoms with Crippen LogP contribution in [0.2, 0.25) is 0 Å². The number of carboxylic acid groups (broad SMARTS) is 1. The molecule has 4 heteroatoms. The van der Waals surface area contributed by atoms with E-state index in [1.165, 1.54) is 0 Å². The van der Waals surface area contributed by atoms with Gasteiger partial charge < -0.3 is 15.3 Å². The lowest BCUT2D eigenvalue weighted by atomic mass is 9.48. The zero-order valence-electron chi connectivity index (χ0n) is 14.9. The third-order valence-electron chi connectivity index (χ3n) is 6.75. The van der Waals surface area contributed by atoms with E-state index >= 15 is 0 Å². The first kappa shape index (κ1) is 17.4. The van der Waals surface area contributed by atoms with Crippen molar-refractivity contribution in [1.29, 1.82) is 0 Å². The van der Waals surface area contributed by atoms with Crippen molar-refractivity contribution in [3.63, 3.8) is 0 Å². The summed E-state index contributed by atoms with van der Waals surface area (Å²) in [6, 6.07) is 6.08. The molecule has 2 aliphatic rings. The largest absolute Gasteiger partial charge is 0.481 e. The Morgan fingerprint density at radius 1 is 1.25 bits per heavy atom. The highest BCUT2D eigenvalue weighted by atomic mass is 16.4. The van der Waals surface area contributed by atoms with E-state index < -0.39 is 29.0 Å². The van der Waals surface area contributed by atoms with Gasteiger partial charge in [0.25, 0.3) is 0 Å². The van der Waals surface area contributed by atoms with Crippen LogP contribution in [-0.4, -0.2) is 27.4 Å². The van der Waals surface area contributed by atoms with Gasteiger partial charge >= 0.3 is 5.97 Å². The van der Waals surface area contributed by atoms with Gasteiger partial charge in [0.2, 0.25) is 0 Å². The molecule has 3 rings (SSSR count). The standard InChI is InChI=1S/C20H28O4/c1-11(2)12-5-6-14-13(9-12)15(21)10-16-19(3,18(23)24)8-7-17(22)20(14,16)4/h5-6,9,11,15-17,21-22H,7-8,10H2,1-4H3,(H,23,24)/t15-,16+,17-,19-,20-/m1/s1. The fourth-order valence-electron chi connectivity index (χ4n) is 4.99. The molecule has 1 aromatic carbocycles. The number of benzene rings is 1. The number of hydrogen-bond acceptors (Lipinski definition) is 3. The van der Waals surface area contributed by atoms with Crippen molar-refractivity contribution < 1.29 is 20.1 Å². The maximum atomic E-state index is 12.0. The van der Waals surface area contributed by atoms with E-state index in [0.717, 1.165) is 16.7 Å². The average Bonchev–Trinajstić information content (AvgIpc) is 2.53. The van der Waals surface area contributed by atoms with Gasteiger partial charge in [-0.3, -0.25) is 4.79 Å². The predicted molar refractivity (Wildman–Crippen MR) is 91.9 cm³/mol. The summed E-state index contributed by atoms with van der Waals surface area (Å²) in [5.74, 6) is -0.771. The Morgan fingerprint density at radius 2 is 1.92 bits per heavy atom. The van der Waals surface area contributed by atoms with E-state index in [0.29, 0.717) is 25.2 Å². The minimum Gasteiger partial charge on any atom is -0.481 e. The van der Waals surface area contributed by atoms with Crippen molar-refractivity contribution in [2.24, 2.45) is 11.3 Å². The highest BCUT2D eigenvalue weighted by molar-refractivity contribution is 5.75. The quantitative estimate of drug-likeness (QED) is 0.776. The minimum atomic E-state index is -0.927. The summed E-state index contributed by atoms with van der Waals surface area (Å²) < 4.78 is 0. The monoisotopic (exact) mass is 332 g/mol. The first-order valence-electron chi connectivity index (χ1n) is 8.86. The third kappa shape index (κ3) is 2.23. The summed E-state index contributed by atoms with van der Waals surface area (Å²) in [5, 5.41) is 31.4. The van der Waals surface area contributed by atoms with Crippen LogP contribution in [0.15, 0.2) is 18.2 Å². The zero-order valence-corrected chi connectivity index (χ0v) is 14.9. The summed E-state index contributed by atoms with van der Waals surface area (Å²) in [6.45, 7) is 7.96. The summed E-state index contributed by atoms with van der Waals surface area (Å²) >= 11 is 0. The lowest BCUT2D eigenvalue weighted by molar-refractivity contribution is -0.165. The molecule has 1 fully saturated rings. The second kappa shape index (κ2) is 5.57. The van der Waals surface area contributed by atoms with Gasteiger partial charge in [-0.05, 0) is 54.7 Å². The van der Waals surface area contributed by atoms with E-state index in [-0.39, 0.29) is 5.92 Å². The smallest absolute Gasteiger partial charge is 0.309 e. The predicted octanol–water partition coefficient (Wildman–Crippen LogP) is 3.37. The van der Waals surface area contributed by atoms with Crippen LogP contribution in [0, 0.1) is 11.3 Å². The van der Waals surface area contributed by atoms with E-state index in [2.05, 4.69) is 13.8 Å². The van der Waals surface area contributed by atoms with Gasteiger partial charge in [0.05, 0.1) is 17.6 Å². The lowest BCUT2D eigenvalue weighted by Crippen LogP contribution is -2.59. The van der Waals surface area contributed by atoms with Crippen molar-refractivity contribution in [2.45, 2.75) is 70.5 Å². The number of carbonyl (C=O) groups is 1. The molecule has 0 aromatic heterocycles. The van der Waals surface area contributed by atoms with Gasteiger partial charge in [-0.25, -0.2) is 0 Å². The van der Waals surface area contributed by atoms with Crippen LogP contribution in [0.1, 0.15) is 75.7 Å². The Morgan fingerprint density at radius 3 is 2.50 bits per heavy atom.